The standard InChI is InChI=1S/C17H25N3/c1-5-20-16(11-13(2)19-20)12-17(18-4)14(3)15-9-7-6-8-10-15/h6-11,14,17-18H,5,12H2,1-4H3. The molecule has 0 saturated heterocycles. The maximum Gasteiger partial charge on any atom is 0.0596 e. The van der Waals surface area contributed by atoms with E-state index >= 15 is 0 Å². The summed E-state index contributed by atoms with van der Waals surface area (Å²) in [5, 5.41) is 8.01. The fourth-order valence-corrected chi connectivity index (χ4v) is 2.78. The van der Waals surface area contributed by atoms with Gasteiger partial charge in [-0.15, -0.1) is 0 Å². The number of aromatic nitrogens is 2. The minimum atomic E-state index is 0.416. The molecular formula is C17H25N3. The molecule has 2 atom stereocenters. The Hall–Kier alpha value is -1.61. The van der Waals surface area contributed by atoms with Crippen molar-refractivity contribution in [2.75, 3.05) is 7.05 Å². The second-order valence-electron chi connectivity index (χ2n) is 5.39. The summed E-state index contributed by atoms with van der Waals surface area (Å²) < 4.78 is 2.11. The second kappa shape index (κ2) is 6.71. The summed E-state index contributed by atoms with van der Waals surface area (Å²) in [6.45, 7) is 7.42. The van der Waals surface area contributed by atoms with Gasteiger partial charge in [0.1, 0.15) is 0 Å². The van der Waals surface area contributed by atoms with Crippen LogP contribution in [0.4, 0.5) is 0 Å². The third-order valence-electron chi connectivity index (χ3n) is 4.01. The van der Waals surface area contributed by atoms with Crippen LogP contribution in [-0.2, 0) is 13.0 Å². The highest BCUT2D eigenvalue weighted by Gasteiger charge is 2.19. The first-order valence-electron chi connectivity index (χ1n) is 7.41. The largest absolute Gasteiger partial charge is 0.316 e. The summed E-state index contributed by atoms with van der Waals surface area (Å²) >= 11 is 0. The Balaban J connectivity index is 2.16. The summed E-state index contributed by atoms with van der Waals surface area (Å²) in [5.74, 6) is 0.474. The first-order valence-corrected chi connectivity index (χ1v) is 7.41. The van der Waals surface area contributed by atoms with E-state index in [-0.39, 0.29) is 0 Å². The van der Waals surface area contributed by atoms with Crippen LogP contribution in [0.3, 0.4) is 0 Å². The molecule has 1 aromatic carbocycles. The molecule has 0 bridgehead atoms. The zero-order valence-corrected chi connectivity index (χ0v) is 12.9. The van der Waals surface area contributed by atoms with Crippen LogP contribution < -0.4 is 5.32 Å². The molecule has 2 unspecified atom stereocenters. The minimum absolute atomic E-state index is 0.416. The van der Waals surface area contributed by atoms with Crippen LogP contribution in [-0.4, -0.2) is 22.9 Å². The summed E-state index contributed by atoms with van der Waals surface area (Å²) in [4.78, 5) is 0. The number of hydrogen-bond donors (Lipinski definition) is 1. The van der Waals surface area contributed by atoms with Gasteiger partial charge in [-0.1, -0.05) is 37.3 Å². The maximum atomic E-state index is 4.54. The summed E-state index contributed by atoms with van der Waals surface area (Å²) in [6, 6.07) is 13.3. The molecule has 108 valence electrons. The average molecular weight is 271 g/mol. The molecule has 0 radical (unpaired) electrons. The van der Waals surface area contributed by atoms with E-state index in [2.05, 4.69) is 72.3 Å². The fraction of sp³-hybridized carbons (Fsp3) is 0.471. The molecule has 0 aliphatic carbocycles. The van der Waals surface area contributed by atoms with Gasteiger partial charge in [-0.05, 0) is 38.4 Å². The Morgan fingerprint density at radius 3 is 2.55 bits per heavy atom. The van der Waals surface area contributed by atoms with E-state index < -0.39 is 0 Å². The Morgan fingerprint density at radius 2 is 1.95 bits per heavy atom. The topological polar surface area (TPSA) is 29.9 Å². The molecule has 1 aromatic heterocycles. The van der Waals surface area contributed by atoms with Gasteiger partial charge in [0.2, 0.25) is 0 Å². The molecule has 20 heavy (non-hydrogen) atoms. The molecule has 0 amide bonds. The number of rotatable bonds is 6. The lowest BCUT2D eigenvalue weighted by Gasteiger charge is -2.24. The van der Waals surface area contributed by atoms with Gasteiger partial charge < -0.3 is 5.32 Å². The van der Waals surface area contributed by atoms with E-state index in [4.69, 9.17) is 0 Å². The van der Waals surface area contributed by atoms with Crippen molar-refractivity contribution in [2.45, 2.75) is 45.7 Å². The van der Waals surface area contributed by atoms with E-state index in [1.807, 2.05) is 7.05 Å². The summed E-state index contributed by atoms with van der Waals surface area (Å²) in [6.07, 6.45) is 1.00. The normalized spacial score (nSPS) is 14.2. The Labute approximate surface area is 122 Å². The number of aryl methyl sites for hydroxylation is 2. The lowest BCUT2D eigenvalue weighted by molar-refractivity contribution is 0.464. The fourth-order valence-electron chi connectivity index (χ4n) is 2.78. The van der Waals surface area contributed by atoms with Crippen LogP contribution >= 0.6 is 0 Å². The van der Waals surface area contributed by atoms with Gasteiger partial charge in [-0.25, -0.2) is 0 Å². The highest BCUT2D eigenvalue weighted by Crippen LogP contribution is 2.22. The zero-order chi connectivity index (χ0) is 14.5. The Kier molecular flexibility index (Phi) is 4.96. The predicted molar refractivity (Wildman–Crippen MR) is 84.0 cm³/mol. The van der Waals surface area contributed by atoms with E-state index in [1.54, 1.807) is 0 Å². The maximum absolute atomic E-state index is 4.54. The third-order valence-corrected chi connectivity index (χ3v) is 4.01. The quantitative estimate of drug-likeness (QED) is 0.874. The van der Waals surface area contributed by atoms with Crippen molar-refractivity contribution >= 4 is 0 Å². The minimum Gasteiger partial charge on any atom is -0.316 e. The number of nitrogens with zero attached hydrogens (tertiary/aromatic N) is 2. The molecule has 3 nitrogen and oxygen atoms in total. The van der Waals surface area contributed by atoms with Gasteiger partial charge in [-0.3, -0.25) is 4.68 Å². The van der Waals surface area contributed by atoms with Gasteiger partial charge in [0.15, 0.2) is 0 Å². The first-order chi connectivity index (χ1) is 9.65. The van der Waals surface area contributed by atoms with E-state index in [1.165, 1.54) is 11.3 Å². The first kappa shape index (κ1) is 14.8. The van der Waals surface area contributed by atoms with Crippen molar-refractivity contribution in [3.63, 3.8) is 0 Å². The van der Waals surface area contributed by atoms with Crippen molar-refractivity contribution in [1.29, 1.82) is 0 Å². The molecule has 1 N–H and O–H groups in total. The number of hydrogen-bond acceptors (Lipinski definition) is 2. The van der Waals surface area contributed by atoms with Gasteiger partial charge in [0.25, 0.3) is 0 Å². The van der Waals surface area contributed by atoms with Crippen LogP contribution in [0.1, 0.15) is 36.7 Å². The SMILES string of the molecule is CCn1nc(C)cc1CC(NC)C(C)c1ccccc1. The van der Waals surface area contributed by atoms with E-state index in [0.717, 1.165) is 18.7 Å². The molecule has 0 fully saturated rings. The van der Waals surface area contributed by atoms with Gasteiger partial charge >= 0.3 is 0 Å². The summed E-state index contributed by atoms with van der Waals surface area (Å²) in [5.41, 5.74) is 3.79. The van der Waals surface area contributed by atoms with Crippen LogP contribution in [0.25, 0.3) is 0 Å². The van der Waals surface area contributed by atoms with Gasteiger partial charge in [0, 0.05) is 24.7 Å². The molecule has 2 aromatic rings. The van der Waals surface area contributed by atoms with Crippen LogP contribution in [0.5, 0.6) is 0 Å². The number of benzene rings is 1. The molecule has 1 heterocycles. The number of likely N-dealkylation sites (N-methyl/N-ethyl adjacent to an activating group) is 1. The monoisotopic (exact) mass is 271 g/mol. The van der Waals surface area contributed by atoms with E-state index in [0.29, 0.717) is 12.0 Å². The molecule has 0 spiro atoms. The zero-order valence-electron chi connectivity index (χ0n) is 12.9. The van der Waals surface area contributed by atoms with Crippen molar-refractivity contribution in [3.8, 4) is 0 Å². The van der Waals surface area contributed by atoms with Crippen LogP contribution in [0.15, 0.2) is 36.4 Å². The molecule has 2 rings (SSSR count). The highest BCUT2D eigenvalue weighted by molar-refractivity contribution is 5.22. The second-order valence-corrected chi connectivity index (χ2v) is 5.39. The van der Waals surface area contributed by atoms with E-state index in [9.17, 15) is 0 Å². The summed E-state index contributed by atoms with van der Waals surface area (Å²) in [7, 11) is 2.05. The average Bonchev–Trinajstić information content (AvgIpc) is 2.84. The molecule has 0 saturated carbocycles. The lowest BCUT2D eigenvalue weighted by atomic mass is 9.90. The van der Waals surface area contributed by atoms with Crippen LogP contribution in [0.2, 0.25) is 0 Å². The van der Waals surface area contributed by atoms with Crippen molar-refractivity contribution in [1.82, 2.24) is 15.1 Å². The van der Waals surface area contributed by atoms with Crippen molar-refractivity contribution in [2.24, 2.45) is 0 Å². The van der Waals surface area contributed by atoms with Gasteiger partial charge in [0.05, 0.1) is 5.69 Å². The van der Waals surface area contributed by atoms with Crippen molar-refractivity contribution < 1.29 is 0 Å². The van der Waals surface area contributed by atoms with Gasteiger partial charge in [-0.2, -0.15) is 5.10 Å². The molecular weight excluding hydrogens is 246 g/mol. The Morgan fingerprint density at radius 1 is 1.25 bits per heavy atom. The predicted octanol–water partition coefficient (Wildman–Crippen LogP) is 3.15. The molecule has 0 aliphatic heterocycles. The lowest BCUT2D eigenvalue weighted by Crippen LogP contribution is -2.33. The Bertz CT molecular complexity index is 530. The van der Waals surface area contributed by atoms with Crippen molar-refractivity contribution in [3.05, 3.63) is 53.3 Å². The molecule has 3 heteroatoms. The van der Waals surface area contributed by atoms with Crippen LogP contribution in [0, 0.1) is 6.92 Å². The number of nitrogens with one attached hydrogen (secondary N) is 1. The third kappa shape index (κ3) is 3.28. The highest BCUT2D eigenvalue weighted by atomic mass is 15.3. The smallest absolute Gasteiger partial charge is 0.0596 e. The molecule has 0 aliphatic rings.